The molecule has 92 heavy (non-hydrogen) atoms. The number of allylic oxidation sites excluding steroid dienone is 5. The van der Waals surface area contributed by atoms with Crippen LogP contribution in [0.1, 0.15) is 159 Å². The van der Waals surface area contributed by atoms with Gasteiger partial charge in [-0.1, -0.05) is 133 Å². The zero-order valence-electron chi connectivity index (χ0n) is 54.2. The molecule has 4 aromatic rings. The fraction of sp³-hybridized carbons (Fsp3) is 0.667. The Morgan fingerprint density at radius 1 is 0.859 bits per heavy atom. The zero-order valence-corrected chi connectivity index (χ0v) is 55.8. The Morgan fingerprint density at radius 3 is 2.51 bits per heavy atom. The van der Waals surface area contributed by atoms with Gasteiger partial charge in [-0.25, -0.2) is 0 Å². The van der Waals surface area contributed by atoms with E-state index in [-0.39, 0.29) is 96.2 Å². The van der Waals surface area contributed by atoms with E-state index < -0.39 is 82.1 Å². The molecule has 10 aliphatic rings. The molecule has 14 rings (SSSR count). The summed E-state index contributed by atoms with van der Waals surface area (Å²) in [6, 6.07) is 19.1. The van der Waals surface area contributed by atoms with Gasteiger partial charge in [0.25, 0.3) is 0 Å². The molecule has 7 aliphatic carbocycles. The van der Waals surface area contributed by atoms with Crippen LogP contribution in [0.4, 0.5) is 0 Å². The molecule has 9 N–H and O–H groups in total. The maximum Gasteiger partial charge on any atom is 0.306 e. The number of carbonyl (C=O) groups is 1. The number of aliphatic hydroxyl groups excluding tert-OH is 4. The quantitative estimate of drug-likeness (QED) is 0.0386. The maximum atomic E-state index is 14.1. The van der Waals surface area contributed by atoms with Gasteiger partial charge < -0.3 is 69.7 Å². The van der Waals surface area contributed by atoms with Gasteiger partial charge in [-0.3, -0.25) is 4.79 Å². The highest BCUT2D eigenvalue weighted by Gasteiger charge is 2.79. The number of fused-ring (bicyclic) bond motifs is 13. The van der Waals surface area contributed by atoms with Gasteiger partial charge in [0, 0.05) is 64.7 Å². The molecule has 17 heteroatoms. The third-order valence-electron chi connectivity index (χ3n) is 25.7. The van der Waals surface area contributed by atoms with Crippen LogP contribution in [0.15, 0.2) is 102 Å². The van der Waals surface area contributed by atoms with Crippen molar-refractivity contribution in [3.8, 4) is 11.5 Å². The van der Waals surface area contributed by atoms with Crippen LogP contribution in [0.3, 0.4) is 0 Å². The van der Waals surface area contributed by atoms with Gasteiger partial charge in [0.2, 0.25) is 12.0 Å². The molecule has 5 saturated carbocycles. The lowest BCUT2D eigenvalue weighted by Crippen LogP contribution is -2.86. The molecule has 2 saturated heterocycles. The Morgan fingerprint density at radius 2 is 1.70 bits per heavy atom. The Balaban J connectivity index is 0.919. The van der Waals surface area contributed by atoms with Crippen molar-refractivity contribution >= 4 is 49.3 Å². The first-order chi connectivity index (χ1) is 44.4. The van der Waals surface area contributed by atoms with Crippen molar-refractivity contribution in [3.05, 3.63) is 108 Å². The summed E-state index contributed by atoms with van der Waals surface area (Å²) in [6.45, 7) is 5.25. The summed E-state index contributed by atoms with van der Waals surface area (Å²) in [5.74, 6) is -1.98. The molecule has 15 nitrogen and oxygen atoms in total. The third kappa shape index (κ3) is 10.7. The molecule has 5 spiro atoms. The first kappa shape index (κ1) is 65.3. The van der Waals surface area contributed by atoms with Gasteiger partial charge in [0.1, 0.15) is 23.9 Å². The number of carbonyl (C=O) groups excluding carboxylic acids is 1. The number of furan rings is 1. The Hall–Kier alpha value is -3.95. The molecule has 19 unspecified atom stereocenters. The van der Waals surface area contributed by atoms with Crippen molar-refractivity contribution in [2.75, 3.05) is 45.7 Å². The van der Waals surface area contributed by atoms with Gasteiger partial charge >= 0.3 is 5.97 Å². The van der Waals surface area contributed by atoms with Crippen LogP contribution >= 0.6 is 21.6 Å². The largest absolute Gasteiger partial charge is 0.485 e. The summed E-state index contributed by atoms with van der Waals surface area (Å²) in [4.78, 5) is 13.3. The second kappa shape index (κ2) is 25.5. The number of hydrogen-bond acceptors (Lipinski definition) is 17. The second-order valence-corrected chi connectivity index (χ2v) is 33.1. The van der Waals surface area contributed by atoms with Crippen molar-refractivity contribution < 1.29 is 63.9 Å². The van der Waals surface area contributed by atoms with Gasteiger partial charge in [-0.15, -0.1) is 0 Å². The number of nitrogens with one attached hydrogen (secondary N) is 2. The predicted molar refractivity (Wildman–Crippen MR) is 359 cm³/mol. The summed E-state index contributed by atoms with van der Waals surface area (Å²) in [7, 11) is 5.59. The number of esters is 1. The van der Waals surface area contributed by atoms with Crippen molar-refractivity contribution in [3.63, 3.8) is 0 Å². The van der Waals surface area contributed by atoms with E-state index in [1.165, 1.54) is 16.3 Å². The van der Waals surface area contributed by atoms with E-state index in [2.05, 4.69) is 91.4 Å². The predicted octanol–water partition coefficient (Wildman–Crippen LogP) is 11.2. The average Bonchev–Trinajstić information content (AvgIpc) is 1.01. The van der Waals surface area contributed by atoms with Gasteiger partial charge in [0.05, 0.1) is 30.7 Å². The molecular weight excluding hydrogens is 1200 g/mol. The molecule has 3 aromatic carbocycles. The number of benzene rings is 3. The summed E-state index contributed by atoms with van der Waals surface area (Å²) in [6.07, 6.45) is 23.6. The van der Waals surface area contributed by atoms with Crippen LogP contribution in [0, 0.1) is 51.8 Å². The van der Waals surface area contributed by atoms with E-state index in [4.69, 9.17) is 23.4 Å². The Bertz CT molecular complexity index is 3430. The molecule has 7 fully saturated rings. The molecular formula is C75H100N2O13S2. The van der Waals surface area contributed by atoms with Crippen LogP contribution in [0.25, 0.3) is 21.7 Å². The van der Waals surface area contributed by atoms with E-state index in [0.29, 0.717) is 54.7 Å². The first-order valence-electron chi connectivity index (χ1n) is 35.1. The Labute approximate surface area is 550 Å². The molecule has 1 aromatic heterocycles. The molecule has 19 atom stereocenters. The highest BCUT2D eigenvalue weighted by molar-refractivity contribution is 8.77. The molecule has 500 valence electrons. The van der Waals surface area contributed by atoms with Crippen LogP contribution in [-0.4, -0.2) is 145 Å². The van der Waals surface area contributed by atoms with Gasteiger partial charge in [-0.2, -0.15) is 0 Å². The van der Waals surface area contributed by atoms with Crippen LogP contribution in [-0.2, 0) is 20.7 Å². The van der Waals surface area contributed by atoms with Gasteiger partial charge in [0.15, 0.2) is 16.9 Å². The summed E-state index contributed by atoms with van der Waals surface area (Å²) < 4.78 is 33.2. The summed E-state index contributed by atoms with van der Waals surface area (Å²) in [5, 5.41) is 103. The lowest BCUT2D eigenvalue weighted by molar-refractivity contribution is -0.424. The lowest BCUT2D eigenvalue weighted by atomic mass is 9.50. The minimum Gasteiger partial charge on any atom is -0.485 e. The highest BCUT2D eigenvalue weighted by Crippen LogP contribution is 2.78. The second-order valence-electron chi connectivity index (χ2n) is 30.5. The smallest absolute Gasteiger partial charge is 0.306 e. The lowest BCUT2D eigenvalue weighted by Gasteiger charge is -2.67. The van der Waals surface area contributed by atoms with Gasteiger partial charge in [-0.05, 0) is 192 Å². The highest BCUT2D eigenvalue weighted by atomic mass is 33.1. The minimum atomic E-state index is -2.52. The fourth-order valence-corrected chi connectivity index (χ4v) is 25.8. The van der Waals surface area contributed by atoms with E-state index in [1.807, 2.05) is 22.9 Å². The van der Waals surface area contributed by atoms with E-state index >= 15 is 0 Å². The average molecular weight is 1300 g/mol. The van der Waals surface area contributed by atoms with Crippen LogP contribution in [0.2, 0.25) is 0 Å². The normalized spacial score (nSPS) is 41.6. The van der Waals surface area contributed by atoms with E-state index in [1.54, 1.807) is 36.1 Å². The number of aryl methyl sites for hydroxylation is 1. The third-order valence-corrected chi connectivity index (χ3v) is 29.0. The minimum absolute atomic E-state index is 0.00657. The number of rotatable bonds is 11. The van der Waals surface area contributed by atoms with Crippen molar-refractivity contribution in [1.82, 2.24) is 10.6 Å². The van der Waals surface area contributed by atoms with E-state index in [9.17, 15) is 40.5 Å². The summed E-state index contributed by atoms with van der Waals surface area (Å²) >= 11 is 0. The van der Waals surface area contributed by atoms with Crippen LogP contribution < -0.4 is 20.1 Å². The zero-order chi connectivity index (χ0) is 63.9. The standard InChI is InChI=1S/C75H100N2O13S2/c1-4-86-61(81)24-21-52-39-53-27-36-87-63(53)65-64(52)89-67-75(85)62-54(20-22-57(79)55(62)43-78)41-73(84,66(75)82)74(90-67)46-91-92-72(59(77-35-37-88-65)23-17-47(2)12-11-16-60(74)80)45-69(29-9-10-30-69)71(32-25-48(40-71)42-76-3)58(72)26-31-70(83)34-33-68(44-70)28-8-7-15-56(68)51-19-18-49-13-5-6-14-50(49)38-51/h5-8,13-15,18-20,22,27-28,36,38-39,47-48,54-60,62,66-67,76-80,82-85H,4,9-12,16-17,21,23-26,29-35,37,40-46H2,1-3H3. The molecule has 3 aliphatic heterocycles. The molecule has 5 bridgehead atoms. The van der Waals surface area contributed by atoms with Crippen molar-refractivity contribution in [1.29, 1.82) is 0 Å². The fourth-order valence-electron chi connectivity index (χ4n) is 21.5. The number of ether oxygens (including phenoxy) is 4. The van der Waals surface area contributed by atoms with Crippen molar-refractivity contribution in [2.24, 2.45) is 51.8 Å². The molecule has 0 radical (unpaired) electrons. The number of hydrogen-bond donors (Lipinski definition) is 9. The topological polar surface area (TPSA) is 233 Å². The van der Waals surface area contributed by atoms with E-state index in [0.717, 1.165) is 90.0 Å². The molecule has 4 heterocycles. The maximum absolute atomic E-state index is 14.1. The first-order valence-corrected chi connectivity index (χ1v) is 37.4. The van der Waals surface area contributed by atoms with Crippen molar-refractivity contribution in [2.45, 2.75) is 212 Å². The van der Waals surface area contributed by atoms with Crippen LogP contribution in [0.5, 0.6) is 11.5 Å². The Kier molecular flexibility index (Phi) is 18.1. The number of aliphatic hydroxyl groups is 7. The monoisotopic (exact) mass is 1300 g/mol. The molecule has 0 amide bonds. The SMILES string of the molecule is CCOC(=O)CCc1cc2ccoc2c2c1OC1OC3(CSSC4(CC5(CCCC5)C5(CCC(CNC)C5)C4CCC4(O)CCC5(C=CC=CC5c5ccc6ccccc6c5)C4)C(CCC(C)CCCC3O)NCCO2)C2(O)CC3C=CC(O)C(CO)C3C1(O)C2O. The summed E-state index contributed by atoms with van der Waals surface area (Å²) in [5.41, 5.74) is -5.92.